The molecule has 0 aliphatic rings. The summed E-state index contributed by atoms with van der Waals surface area (Å²) in [5, 5.41) is 11.4. The number of hydrogen-bond donors (Lipinski definition) is 2. The van der Waals surface area contributed by atoms with Crippen molar-refractivity contribution in [3.05, 3.63) is 36.4 Å². The Morgan fingerprint density at radius 1 is 1.41 bits per heavy atom. The van der Waals surface area contributed by atoms with Crippen LogP contribution in [0.25, 0.3) is 0 Å². The molecule has 0 heterocycles. The van der Waals surface area contributed by atoms with Crippen molar-refractivity contribution in [2.24, 2.45) is 5.92 Å². The van der Waals surface area contributed by atoms with Gasteiger partial charge in [-0.25, -0.2) is 0 Å². The highest BCUT2D eigenvalue weighted by atomic mass is 16.5. The molecule has 2 N–H and O–H groups in total. The molecule has 0 aromatic heterocycles. The number of carboxylic acids is 1. The van der Waals surface area contributed by atoms with E-state index in [-0.39, 0.29) is 18.2 Å². The van der Waals surface area contributed by atoms with Gasteiger partial charge >= 0.3 is 5.97 Å². The predicted octanol–water partition coefficient (Wildman–Crippen LogP) is 2.10. The summed E-state index contributed by atoms with van der Waals surface area (Å²) in [4.78, 5) is 22.6. The zero-order valence-electron chi connectivity index (χ0n) is 12.8. The number of carbonyl (C=O) groups excluding carboxylic acids is 1. The van der Waals surface area contributed by atoms with E-state index in [1.165, 1.54) is 7.11 Å². The number of methoxy groups -OCH3 is 1. The van der Waals surface area contributed by atoms with E-state index in [0.717, 1.165) is 0 Å². The first kappa shape index (κ1) is 17.6. The van der Waals surface area contributed by atoms with E-state index in [4.69, 9.17) is 14.6 Å². The van der Waals surface area contributed by atoms with Crippen molar-refractivity contribution in [3.8, 4) is 11.5 Å². The molecule has 22 heavy (non-hydrogen) atoms. The molecule has 1 aromatic rings. The fourth-order valence-electron chi connectivity index (χ4n) is 1.82. The minimum Gasteiger partial charge on any atom is -0.493 e. The molecule has 1 amide bonds. The van der Waals surface area contributed by atoms with Gasteiger partial charge in [-0.05, 0) is 24.1 Å². The van der Waals surface area contributed by atoms with Gasteiger partial charge in [0.25, 0.3) is 5.91 Å². The molecule has 6 nitrogen and oxygen atoms in total. The van der Waals surface area contributed by atoms with Crippen molar-refractivity contribution in [3.63, 3.8) is 0 Å². The van der Waals surface area contributed by atoms with E-state index in [1.807, 2.05) is 0 Å². The normalized spacial score (nSPS) is 11.4. The van der Waals surface area contributed by atoms with Crippen LogP contribution in [0.1, 0.15) is 23.7 Å². The van der Waals surface area contributed by atoms with Crippen LogP contribution >= 0.6 is 0 Å². The second-order valence-electron chi connectivity index (χ2n) is 4.88. The van der Waals surface area contributed by atoms with Crippen LogP contribution in [0, 0.1) is 5.92 Å². The van der Waals surface area contributed by atoms with Crippen LogP contribution in [0.3, 0.4) is 0 Å². The van der Waals surface area contributed by atoms with Crippen LogP contribution in [-0.4, -0.2) is 37.2 Å². The standard InChI is InChI=1S/C16H21NO5/c1-4-7-22-13-6-5-12(9-14(13)21-3)16(20)17-10-11(2)8-15(18)19/h4-6,9,11H,1,7-8,10H2,2-3H3,(H,17,20)(H,18,19). The number of benzene rings is 1. The van der Waals surface area contributed by atoms with Gasteiger partial charge in [-0.1, -0.05) is 19.6 Å². The maximum Gasteiger partial charge on any atom is 0.303 e. The summed E-state index contributed by atoms with van der Waals surface area (Å²) >= 11 is 0. The summed E-state index contributed by atoms with van der Waals surface area (Å²) < 4.78 is 10.6. The highest BCUT2D eigenvalue weighted by molar-refractivity contribution is 5.94. The second-order valence-corrected chi connectivity index (χ2v) is 4.88. The number of amides is 1. The first-order valence-electron chi connectivity index (χ1n) is 6.89. The monoisotopic (exact) mass is 307 g/mol. The van der Waals surface area contributed by atoms with Gasteiger partial charge in [-0.2, -0.15) is 0 Å². The van der Waals surface area contributed by atoms with Crippen LogP contribution in [0.4, 0.5) is 0 Å². The molecule has 0 radical (unpaired) electrons. The Balaban J connectivity index is 2.69. The van der Waals surface area contributed by atoms with Gasteiger partial charge in [0, 0.05) is 18.5 Å². The fraction of sp³-hybridized carbons (Fsp3) is 0.375. The highest BCUT2D eigenvalue weighted by Gasteiger charge is 2.13. The van der Waals surface area contributed by atoms with Crippen molar-refractivity contribution in [1.82, 2.24) is 5.32 Å². The summed E-state index contributed by atoms with van der Waals surface area (Å²) in [6.45, 7) is 5.97. The van der Waals surface area contributed by atoms with Gasteiger partial charge < -0.3 is 19.9 Å². The first-order chi connectivity index (χ1) is 10.5. The SMILES string of the molecule is C=CCOc1ccc(C(=O)NCC(C)CC(=O)O)cc1OC. The predicted molar refractivity (Wildman–Crippen MR) is 82.4 cm³/mol. The maximum atomic E-state index is 12.1. The molecule has 1 rings (SSSR count). The molecule has 0 saturated heterocycles. The summed E-state index contributed by atoms with van der Waals surface area (Å²) in [5.74, 6) is -0.331. The molecule has 1 atom stereocenters. The van der Waals surface area contributed by atoms with Crippen LogP contribution in [0.5, 0.6) is 11.5 Å². The number of ether oxygens (including phenoxy) is 2. The Hall–Kier alpha value is -2.50. The fourth-order valence-corrected chi connectivity index (χ4v) is 1.82. The van der Waals surface area contributed by atoms with Gasteiger partial charge in [0.1, 0.15) is 6.61 Å². The molecule has 0 saturated carbocycles. The Kier molecular flexibility index (Phi) is 6.95. The van der Waals surface area contributed by atoms with Crippen molar-refractivity contribution in [2.45, 2.75) is 13.3 Å². The highest BCUT2D eigenvalue weighted by Crippen LogP contribution is 2.28. The zero-order valence-corrected chi connectivity index (χ0v) is 12.8. The molecule has 1 unspecified atom stereocenters. The summed E-state index contributed by atoms with van der Waals surface area (Å²) in [6.07, 6.45) is 1.63. The Bertz CT molecular complexity index is 541. The minimum absolute atomic E-state index is 0.0118. The lowest BCUT2D eigenvalue weighted by molar-refractivity contribution is -0.137. The van der Waals surface area contributed by atoms with E-state index < -0.39 is 5.97 Å². The van der Waals surface area contributed by atoms with Gasteiger partial charge in [-0.15, -0.1) is 0 Å². The van der Waals surface area contributed by atoms with E-state index in [1.54, 1.807) is 31.2 Å². The third kappa shape index (κ3) is 5.47. The maximum absolute atomic E-state index is 12.1. The molecule has 1 aromatic carbocycles. The van der Waals surface area contributed by atoms with Crippen LogP contribution in [-0.2, 0) is 4.79 Å². The van der Waals surface area contributed by atoms with Crippen LogP contribution in [0.15, 0.2) is 30.9 Å². The topological polar surface area (TPSA) is 84.9 Å². The number of aliphatic carboxylic acids is 1. The van der Waals surface area contributed by atoms with E-state index in [2.05, 4.69) is 11.9 Å². The quantitative estimate of drug-likeness (QED) is 0.682. The van der Waals surface area contributed by atoms with Crippen LogP contribution < -0.4 is 14.8 Å². The summed E-state index contributed by atoms with van der Waals surface area (Å²) in [6, 6.07) is 4.85. The van der Waals surface area contributed by atoms with E-state index in [9.17, 15) is 9.59 Å². The molecule has 6 heteroatoms. The third-order valence-corrected chi connectivity index (χ3v) is 2.92. The van der Waals surface area contributed by atoms with Gasteiger partial charge in [0.2, 0.25) is 0 Å². The van der Waals surface area contributed by atoms with Crippen LogP contribution in [0.2, 0.25) is 0 Å². The molecular weight excluding hydrogens is 286 g/mol. The third-order valence-electron chi connectivity index (χ3n) is 2.92. The smallest absolute Gasteiger partial charge is 0.303 e. The number of carbonyl (C=O) groups is 2. The lowest BCUT2D eigenvalue weighted by Gasteiger charge is -2.13. The van der Waals surface area contributed by atoms with Gasteiger partial charge in [0.05, 0.1) is 7.11 Å². The number of hydrogen-bond acceptors (Lipinski definition) is 4. The first-order valence-corrected chi connectivity index (χ1v) is 6.89. The molecule has 0 aliphatic carbocycles. The van der Waals surface area contributed by atoms with Crippen molar-refractivity contribution >= 4 is 11.9 Å². The van der Waals surface area contributed by atoms with Crippen molar-refractivity contribution in [2.75, 3.05) is 20.3 Å². The lowest BCUT2D eigenvalue weighted by atomic mass is 10.1. The lowest BCUT2D eigenvalue weighted by Crippen LogP contribution is -2.29. The van der Waals surface area contributed by atoms with E-state index in [0.29, 0.717) is 30.2 Å². The molecule has 0 spiro atoms. The zero-order chi connectivity index (χ0) is 16.5. The average Bonchev–Trinajstić information content (AvgIpc) is 2.49. The number of nitrogens with one attached hydrogen (secondary N) is 1. The van der Waals surface area contributed by atoms with Gasteiger partial charge in [0.15, 0.2) is 11.5 Å². The summed E-state index contributed by atoms with van der Waals surface area (Å²) in [7, 11) is 1.49. The molecule has 0 aliphatic heterocycles. The van der Waals surface area contributed by atoms with E-state index >= 15 is 0 Å². The largest absolute Gasteiger partial charge is 0.493 e. The summed E-state index contributed by atoms with van der Waals surface area (Å²) in [5.41, 5.74) is 0.422. The Morgan fingerprint density at radius 3 is 2.73 bits per heavy atom. The average molecular weight is 307 g/mol. The minimum atomic E-state index is -0.882. The molecule has 0 bridgehead atoms. The number of rotatable bonds is 9. The van der Waals surface area contributed by atoms with Gasteiger partial charge in [-0.3, -0.25) is 9.59 Å². The number of carboxylic acid groups (broad SMARTS) is 1. The second kappa shape index (κ2) is 8.71. The molecular formula is C16H21NO5. The van der Waals surface area contributed by atoms with Crippen molar-refractivity contribution < 1.29 is 24.2 Å². The molecule has 120 valence electrons. The van der Waals surface area contributed by atoms with Crippen molar-refractivity contribution in [1.29, 1.82) is 0 Å². The molecule has 0 fully saturated rings. The Morgan fingerprint density at radius 2 is 2.14 bits per heavy atom. The Labute approximate surface area is 129 Å².